The third kappa shape index (κ3) is 2.09. The van der Waals surface area contributed by atoms with Crippen molar-refractivity contribution in [1.29, 1.82) is 0 Å². The van der Waals surface area contributed by atoms with Crippen LogP contribution in [-0.2, 0) is 4.79 Å². The molecule has 4 aliphatic rings. The van der Waals surface area contributed by atoms with Crippen LogP contribution in [0.5, 0.6) is 0 Å². The molecule has 0 aliphatic heterocycles. The summed E-state index contributed by atoms with van der Waals surface area (Å²) in [6, 6.07) is 0. The highest BCUT2D eigenvalue weighted by molar-refractivity contribution is 5.86. The topological polar surface area (TPSA) is 57.5 Å². The Hall–Kier alpha value is -0.830. The van der Waals surface area contributed by atoms with E-state index in [9.17, 15) is 9.90 Å². The standard InChI is InChI=1S/C15H22O3/c16-2-1-13(14(17)18)9-15-6-10-3-11(7-15)5-12(4-10)8-15/h1,10-12,16H,2-9H2,(H,17,18). The highest BCUT2D eigenvalue weighted by atomic mass is 16.4. The number of aliphatic hydroxyl groups excluding tert-OH is 1. The van der Waals surface area contributed by atoms with Crippen LogP contribution in [0.2, 0.25) is 0 Å². The average molecular weight is 250 g/mol. The van der Waals surface area contributed by atoms with E-state index in [4.69, 9.17) is 5.11 Å². The number of carboxylic acids is 1. The lowest BCUT2D eigenvalue weighted by molar-refractivity contribution is -0.134. The molecule has 0 aromatic heterocycles. The minimum Gasteiger partial charge on any atom is -0.478 e. The Morgan fingerprint density at radius 3 is 2.00 bits per heavy atom. The SMILES string of the molecule is O=C(O)C(=CCO)CC12CC3CC(CC(C3)C1)C2. The van der Waals surface area contributed by atoms with Gasteiger partial charge in [-0.3, -0.25) is 0 Å². The van der Waals surface area contributed by atoms with Gasteiger partial charge in [0.2, 0.25) is 0 Å². The van der Waals surface area contributed by atoms with Crippen molar-refractivity contribution in [3.63, 3.8) is 0 Å². The molecule has 0 aromatic rings. The second-order valence-corrected chi connectivity index (χ2v) is 6.81. The predicted octanol–water partition coefficient (Wildman–Crippen LogP) is 2.60. The number of aliphatic carboxylic acids is 1. The minimum atomic E-state index is -0.847. The maximum absolute atomic E-state index is 11.2. The van der Waals surface area contributed by atoms with E-state index in [2.05, 4.69) is 0 Å². The number of aliphatic hydroxyl groups is 1. The number of hydrogen-bond donors (Lipinski definition) is 2. The molecule has 100 valence electrons. The summed E-state index contributed by atoms with van der Waals surface area (Å²) in [5, 5.41) is 18.2. The summed E-state index contributed by atoms with van der Waals surface area (Å²) >= 11 is 0. The first kappa shape index (κ1) is 12.2. The highest BCUT2D eigenvalue weighted by Gasteiger charge is 2.51. The van der Waals surface area contributed by atoms with Gasteiger partial charge in [-0.15, -0.1) is 0 Å². The van der Waals surface area contributed by atoms with Gasteiger partial charge in [-0.25, -0.2) is 4.79 Å². The van der Waals surface area contributed by atoms with Crippen molar-refractivity contribution in [3.8, 4) is 0 Å². The Morgan fingerprint density at radius 1 is 1.11 bits per heavy atom. The van der Waals surface area contributed by atoms with Crippen molar-refractivity contribution in [3.05, 3.63) is 11.6 Å². The first-order valence-corrected chi connectivity index (χ1v) is 7.13. The van der Waals surface area contributed by atoms with E-state index in [0.29, 0.717) is 12.0 Å². The van der Waals surface area contributed by atoms with Crippen LogP contribution in [-0.4, -0.2) is 22.8 Å². The van der Waals surface area contributed by atoms with Gasteiger partial charge in [0.15, 0.2) is 0 Å². The summed E-state index contributed by atoms with van der Waals surface area (Å²) in [6.07, 6.45) is 9.95. The summed E-state index contributed by atoms with van der Waals surface area (Å²) < 4.78 is 0. The first-order valence-electron chi connectivity index (χ1n) is 7.13. The Morgan fingerprint density at radius 2 is 1.61 bits per heavy atom. The van der Waals surface area contributed by atoms with Crippen LogP contribution in [0.25, 0.3) is 0 Å². The molecule has 0 atom stereocenters. The number of hydrogen-bond acceptors (Lipinski definition) is 2. The summed E-state index contributed by atoms with van der Waals surface area (Å²) in [6.45, 7) is -0.159. The molecule has 3 heteroatoms. The zero-order valence-corrected chi connectivity index (χ0v) is 10.8. The Balaban J connectivity index is 1.79. The van der Waals surface area contributed by atoms with Crippen molar-refractivity contribution in [2.75, 3.05) is 6.61 Å². The van der Waals surface area contributed by atoms with Gasteiger partial charge < -0.3 is 10.2 Å². The molecule has 3 nitrogen and oxygen atoms in total. The molecule has 2 N–H and O–H groups in total. The van der Waals surface area contributed by atoms with Crippen molar-refractivity contribution >= 4 is 5.97 Å². The van der Waals surface area contributed by atoms with Crippen molar-refractivity contribution in [1.82, 2.24) is 0 Å². The molecule has 0 radical (unpaired) electrons. The second-order valence-electron chi connectivity index (χ2n) is 6.81. The number of carbonyl (C=O) groups is 1. The van der Waals surface area contributed by atoms with Gasteiger partial charge in [0.05, 0.1) is 6.61 Å². The lowest BCUT2D eigenvalue weighted by atomic mass is 9.48. The van der Waals surface area contributed by atoms with E-state index < -0.39 is 5.97 Å². The molecule has 0 aromatic carbocycles. The van der Waals surface area contributed by atoms with Gasteiger partial charge in [-0.1, -0.05) is 0 Å². The molecular weight excluding hydrogens is 228 g/mol. The largest absolute Gasteiger partial charge is 0.478 e. The highest BCUT2D eigenvalue weighted by Crippen LogP contribution is 2.61. The molecular formula is C15H22O3. The molecule has 4 rings (SSSR count). The van der Waals surface area contributed by atoms with E-state index in [1.165, 1.54) is 44.6 Å². The third-order valence-corrected chi connectivity index (χ3v) is 5.34. The zero-order chi connectivity index (χ0) is 12.8. The lowest BCUT2D eigenvalue weighted by Crippen LogP contribution is -2.46. The monoisotopic (exact) mass is 250 g/mol. The molecule has 0 heterocycles. The van der Waals surface area contributed by atoms with Crippen molar-refractivity contribution < 1.29 is 15.0 Å². The van der Waals surface area contributed by atoms with Gasteiger partial charge in [-0.2, -0.15) is 0 Å². The Kier molecular flexibility index (Phi) is 2.97. The fraction of sp³-hybridized carbons (Fsp3) is 0.800. The molecule has 4 fully saturated rings. The molecule has 4 aliphatic carbocycles. The zero-order valence-electron chi connectivity index (χ0n) is 10.8. The van der Waals surface area contributed by atoms with E-state index in [0.717, 1.165) is 17.8 Å². The van der Waals surface area contributed by atoms with Crippen molar-refractivity contribution in [2.24, 2.45) is 23.2 Å². The number of rotatable bonds is 4. The molecule has 4 bridgehead atoms. The van der Waals surface area contributed by atoms with Gasteiger partial charge in [0, 0.05) is 5.57 Å². The van der Waals surface area contributed by atoms with Gasteiger partial charge in [0.1, 0.15) is 0 Å². The van der Waals surface area contributed by atoms with Crippen molar-refractivity contribution in [2.45, 2.75) is 44.9 Å². The summed E-state index contributed by atoms with van der Waals surface area (Å²) in [4.78, 5) is 11.2. The van der Waals surface area contributed by atoms with Gasteiger partial charge >= 0.3 is 5.97 Å². The Bertz CT molecular complexity index is 348. The predicted molar refractivity (Wildman–Crippen MR) is 68.0 cm³/mol. The fourth-order valence-electron chi connectivity index (χ4n) is 5.26. The van der Waals surface area contributed by atoms with Crippen LogP contribution in [0.4, 0.5) is 0 Å². The first-order chi connectivity index (χ1) is 8.60. The fourth-order valence-corrected chi connectivity index (χ4v) is 5.26. The van der Waals surface area contributed by atoms with Gasteiger partial charge in [0.25, 0.3) is 0 Å². The minimum absolute atomic E-state index is 0.159. The van der Waals surface area contributed by atoms with E-state index in [1.54, 1.807) is 0 Å². The lowest BCUT2D eigenvalue weighted by Gasteiger charge is -2.57. The van der Waals surface area contributed by atoms with E-state index in [-0.39, 0.29) is 12.0 Å². The molecule has 4 saturated carbocycles. The summed E-state index contributed by atoms with van der Waals surface area (Å²) in [7, 11) is 0. The average Bonchev–Trinajstić information content (AvgIpc) is 2.26. The normalized spacial score (nSPS) is 42.3. The van der Waals surface area contributed by atoms with Crippen LogP contribution in [0.3, 0.4) is 0 Å². The van der Waals surface area contributed by atoms with Crippen LogP contribution in [0, 0.1) is 23.2 Å². The maximum Gasteiger partial charge on any atom is 0.331 e. The maximum atomic E-state index is 11.2. The van der Waals surface area contributed by atoms with Crippen LogP contribution < -0.4 is 0 Å². The number of carboxylic acid groups (broad SMARTS) is 1. The van der Waals surface area contributed by atoms with Crippen LogP contribution in [0.15, 0.2) is 11.6 Å². The third-order valence-electron chi connectivity index (χ3n) is 5.34. The molecule has 18 heavy (non-hydrogen) atoms. The summed E-state index contributed by atoms with van der Waals surface area (Å²) in [5.74, 6) is 1.70. The molecule has 0 amide bonds. The quantitative estimate of drug-likeness (QED) is 0.754. The van der Waals surface area contributed by atoms with Crippen LogP contribution >= 0.6 is 0 Å². The van der Waals surface area contributed by atoms with E-state index in [1.807, 2.05) is 0 Å². The molecule has 0 saturated heterocycles. The van der Waals surface area contributed by atoms with Crippen LogP contribution in [0.1, 0.15) is 44.9 Å². The van der Waals surface area contributed by atoms with E-state index >= 15 is 0 Å². The second kappa shape index (κ2) is 4.37. The molecule has 0 unspecified atom stereocenters. The molecule has 0 spiro atoms. The smallest absolute Gasteiger partial charge is 0.331 e. The Labute approximate surface area is 108 Å². The summed E-state index contributed by atoms with van der Waals surface area (Å²) in [5.41, 5.74) is 0.674. The van der Waals surface area contributed by atoms with Gasteiger partial charge in [-0.05, 0) is 74.2 Å².